The smallest absolute Gasteiger partial charge is 0.355 e. The Hall–Kier alpha value is -1.19. The fourth-order valence-corrected chi connectivity index (χ4v) is 2.36. The van der Waals surface area contributed by atoms with Crippen LogP contribution in [0.1, 0.15) is 10.5 Å². The van der Waals surface area contributed by atoms with Crippen molar-refractivity contribution in [1.29, 1.82) is 0 Å². The van der Waals surface area contributed by atoms with Crippen LogP contribution >= 0.6 is 11.3 Å². The number of nitrogens with zero attached hydrogens (tertiary/aromatic N) is 2. The molecule has 0 amide bonds. The Labute approximate surface area is 103 Å². The van der Waals surface area contributed by atoms with Crippen molar-refractivity contribution >= 4 is 32.5 Å². The van der Waals surface area contributed by atoms with E-state index < -0.39 is 16.0 Å². The van der Waals surface area contributed by atoms with Crippen molar-refractivity contribution in [1.82, 2.24) is 9.29 Å². The van der Waals surface area contributed by atoms with Crippen LogP contribution in [-0.4, -0.2) is 55.2 Å². The van der Waals surface area contributed by atoms with Crippen molar-refractivity contribution in [2.24, 2.45) is 0 Å². The molecule has 0 aromatic carbocycles. The highest BCUT2D eigenvalue weighted by Crippen LogP contribution is 2.14. The molecular formula is C8H13N3O4S2. The number of sulfonamides is 1. The van der Waals surface area contributed by atoms with Gasteiger partial charge in [0.1, 0.15) is 0 Å². The lowest BCUT2D eigenvalue weighted by molar-refractivity contribution is 0.0691. The molecule has 7 nitrogen and oxygen atoms in total. The van der Waals surface area contributed by atoms with Gasteiger partial charge in [0.2, 0.25) is 10.0 Å². The van der Waals surface area contributed by atoms with Gasteiger partial charge in [0.15, 0.2) is 10.8 Å². The van der Waals surface area contributed by atoms with Crippen molar-refractivity contribution in [3.05, 3.63) is 11.1 Å². The summed E-state index contributed by atoms with van der Waals surface area (Å²) >= 11 is 1.13. The topological polar surface area (TPSA) is 99.6 Å². The van der Waals surface area contributed by atoms with Crippen LogP contribution in [0.2, 0.25) is 0 Å². The van der Waals surface area contributed by atoms with E-state index in [9.17, 15) is 13.2 Å². The van der Waals surface area contributed by atoms with Crippen LogP contribution in [0, 0.1) is 0 Å². The van der Waals surface area contributed by atoms with Gasteiger partial charge in [0, 0.05) is 26.0 Å². The van der Waals surface area contributed by atoms with Gasteiger partial charge in [-0.2, -0.15) is 0 Å². The molecule has 0 fully saturated rings. The molecule has 1 aromatic rings. The third-order valence-electron chi connectivity index (χ3n) is 1.92. The van der Waals surface area contributed by atoms with Crippen molar-refractivity contribution in [3.8, 4) is 0 Å². The second-order valence-corrected chi connectivity index (χ2v) is 6.53. The summed E-state index contributed by atoms with van der Waals surface area (Å²) in [7, 11) is -0.327. The largest absolute Gasteiger partial charge is 0.476 e. The van der Waals surface area contributed by atoms with E-state index in [1.165, 1.54) is 19.5 Å². The first kappa shape index (κ1) is 13.9. The Bertz CT molecular complexity index is 495. The number of carboxylic acid groups (broad SMARTS) is 1. The highest BCUT2D eigenvalue weighted by Gasteiger charge is 2.13. The Morgan fingerprint density at radius 2 is 2.24 bits per heavy atom. The summed E-state index contributed by atoms with van der Waals surface area (Å²) in [6, 6.07) is 0. The van der Waals surface area contributed by atoms with Gasteiger partial charge in [-0.25, -0.2) is 22.5 Å². The third-order valence-corrected chi connectivity index (χ3v) is 4.55. The lowest BCUT2D eigenvalue weighted by Gasteiger charge is -2.10. The first-order valence-electron chi connectivity index (χ1n) is 4.66. The molecular weight excluding hydrogens is 266 g/mol. The molecule has 96 valence electrons. The quantitative estimate of drug-likeness (QED) is 0.768. The highest BCUT2D eigenvalue weighted by molar-refractivity contribution is 7.89. The van der Waals surface area contributed by atoms with Gasteiger partial charge in [0.25, 0.3) is 0 Å². The van der Waals surface area contributed by atoms with Crippen molar-refractivity contribution in [3.63, 3.8) is 0 Å². The van der Waals surface area contributed by atoms with E-state index in [0.717, 1.165) is 15.6 Å². The van der Waals surface area contributed by atoms with Crippen LogP contribution in [0.5, 0.6) is 0 Å². The molecule has 0 saturated heterocycles. The van der Waals surface area contributed by atoms with E-state index in [2.05, 4.69) is 10.3 Å². The molecule has 0 atom stereocenters. The van der Waals surface area contributed by atoms with Crippen molar-refractivity contribution in [2.75, 3.05) is 31.7 Å². The van der Waals surface area contributed by atoms with E-state index in [1.54, 1.807) is 0 Å². The molecule has 0 aliphatic carbocycles. The normalized spacial score (nSPS) is 11.7. The zero-order valence-corrected chi connectivity index (χ0v) is 11.0. The van der Waals surface area contributed by atoms with E-state index in [-0.39, 0.29) is 18.0 Å². The first-order chi connectivity index (χ1) is 7.83. The van der Waals surface area contributed by atoms with Crippen molar-refractivity contribution in [2.45, 2.75) is 0 Å². The van der Waals surface area contributed by atoms with E-state index in [1.807, 2.05) is 0 Å². The number of rotatable bonds is 6. The molecule has 0 aliphatic rings. The number of thiazole rings is 1. The molecule has 2 N–H and O–H groups in total. The standard InChI is InChI=1S/C8H13N3O4S2/c1-11(2)17(14,15)4-3-9-8-10-6(5-16-8)7(12)13/h5H,3-4H2,1-2H3,(H,9,10)(H,12,13). The van der Waals surface area contributed by atoms with E-state index in [4.69, 9.17) is 5.11 Å². The number of aromatic nitrogens is 1. The number of carbonyl (C=O) groups is 1. The van der Waals surface area contributed by atoms with Crippen molar-refractivity contribution < 1.29 is 18.3 Å². The average molecular weight is 279 g/mol. The molecule has 1 heterocycles. The molecule has 0 saturated carbocycles. The minimum atomic E-state index is -3.25. The summed E-state index contributed by atoms with van der Waals surface area (Å²) in [6.45, 7) is 0.188. The predicted octanol–water partition coefficient (Wildman–Crippen LogP) is 0.145. The maximum atomic E-state index is 11.4. The van der Waals surface area contributed by atoms with E-state index in [0.29, 0.717) is 5.13 Å². The molecule has 0 bridgehead atoms. The lowest BCUT2D eigenvalue weighted by atomic mass is 10.5. The fourth-order valence-electron chi connectivity index (χ4n) is 0.923. The summed E-state index contributed by atoms with van der Waals surface area (Å²) in [5.74, 6) is -1.17. The summed E-state index contributed by atoms with van der Waals surface area (Å²) in [5, 5.41) is 13.2. The van der Waals surface area contributed by atoms with E-state index >= 15 is 0 Å². The van der Waals surface area contributed by atoms with Crippen LogP contribution < -0.4 is 5.32 Å². The van der Waals surface area contributed by atoms with Crippen LogP contribution in [0.25, 0.3) is 0 Å². The number of hydrogen-bond donors (Lipinski definition) is 2. The Morgan fingerprint density at radius 1 is 1.59 bits per heavy atom. The second-order valence-electron chi connectivity index (χ2n) is 3.37. The number of aromatic carboxylic acids is 1. The van der Waals surface area contributed by atoms with Gasteiger partial charge >= 0.3 is 5.97 Å². The lowest BCUT2D eigenvalue weighted by Crippen LogP contribution is -2.28. The number of nitrogens with one attached hydrogen (secondary N) is 1. The average Bonchev–Trinajstić information content (AvgIpc) is 2.66. The van der Waals surface area contributed by atoms with Crippen LogP contribution in [0.4, 0.5) is 5.13 Å². The molecule has 1 rings (SSSR count). The van der Waals surface area contributed by atoms with Gasteiger partial charge in [-0.05, 0) is 0 Å². The molecule has 1 aromatic heterocycles. The highest BCUT2D eigenvalue weighted by atomic mass is 32.2. The summed E-state index contributed by atoms with van der Waals surface area (Å²) in [4.78, 5) is 14.3. The molecule has 0 radical (unpaired) electrons. The van der Waals surface area contributed by atoms with Crippen LogP contribution in [-0.2, 0) is 10.0 Å². The zero-order chi connectivity index (χ0) is 13.1. The molecule has 9 heteroatoms. The minimum Gasteiger partial charge on any atom is -0.476 e. The number of anilines is 1. The zero-order valence-electron chi connectivity index (χ0n) is 9.37. The molecule has 0 aliphatic heterocycles. The fraction of sp³-hybridized carbons (Fsp3) is 0.500. The monoisotopic (exact) mass is 279 g/mol. The van der Waals surface area contributed by atoms with Crippen LogP contribution in [0.15, 0.2) is 5.38 Å². The number of carboxylic acids is 1. The number of hydrogen-bond acceptors (Lipinski definition) is 6. The van der Waals surface area contributed by atoms with Gasteiger partial charge in [-0.3, -0.25) is 0 Å². The maximum absolute atomic E-state index is 11.4. The summed E-state index contributed by atoms with van der Waals surface area (Å²) < 4.78 is 24.0. The van der Waals surface area contributed by atoms with Gasteiger partial charge in [-0.15, -0.1) is 11.3 Å². The molecule has 0 spiro atoms. The van der Waals surface area contributed by atoms with Gasteiger partial charge in [0.05, 0.1) is 5.75 Å². The minimum absolute atomic E-state index is 0.0482. The second kappa shape index (κ2) is 5.43. The van der Waals surface area contributed by atoms with Crippen LogP contribution in [0.3, 0.4) is 0 Å². The molecule has 0 unspecified atom stereocenters. The first-order valence-corrected chi connectivity index (χ1v) is 7.14. The van der Waals surface area contributed by atoms with Gasteiger partial charge in [-0.1, -0.05) is 0 Å². The Morgan fingerprint density at radius 3 is 2.71 bits per heavy atom. The maximum Gasteiger partial charge on any atom is 0.355 e. The summed E-state index contributed by atoms with van der Waals surface area (Å²) in [5.41, 5.74) is -0.0482. The Balaban J connectivity index is 2.49. The SMILES string of the molecule is CN(C)S(=O)(=O)CCNc1nc(C(=O)O)cs1. The predicted molar refractivity (Wildman–Crippen MR) is 65.0 cm³/mol. The Kier molecular flexibility index (Phi) is 4.43. The third kappa shape index (κ3) is 3.95. The molecule has 17 heavy (non-hydrogen) atoms. The van der Waals surface area contributed by atoms with Gasteiger partial charge < -0.3 is 10.4 Å². The summed E-state index contributed by atoms with van der Waals surface area (Å²) in [6.07, 6.45) is 0.